The second-order valence-corrected chi connectivity index (χ2v) is 9.74. The SMILES string of the molecule is NS(=O)(=O)c1cc(CCN2CCC(c3nc(CO)c(-c4ccc(F)cc4)o3)CC2)ccc1O. The molecule has 0 aliphatic carbocycles. The van der Waals surface area contributed by atoms with Crippen LogP contribution in [-0.4, -0.2) is 48.1 Å². The summed E-state index contributed by atoms with van der Waals surface area (Å²) in [6.07, 6.45) is 2.27. The molecule has 2 aromatic carbocycles. The number of nitrogens with zero attached hydrogens (tertiary/aromatic N) is 2. The number of phenolic OH excluding ortho intramolecular Hbond substituents is 1. The van der Waals surface area contributed by atoms with Crippen LogP contribution in [0.5, 0.6) is 5.75 Å². The maximum absolute atomic E-state index is 13.2. The topological polar surface area (TPSA) is 130 Å². The summed E-state index contributed by atoms with van der Waals surface area (Å²) in [7, 11) is -3.98. The van der Waals surface area contributed by atoms with Gasteiger partial charge in [-0.3, -0.25) is 0 Å². The summed E-state index contributed by atoms with van der Waals surface area (Å²) in [5.74, 6) is 0.463. The van der Waals surface area contributed by atoms with E-state index < -0.39 is 10.0 Å². The number of nitrogens with two attached hydrogens (primary N) is 1. The first-order valence-corrected chi connectivity index (χ1v) is 12.2. The van der Waals surface area contributed by atoms with Crippen molar-refractivity contribution in [1.29, 1.82) is 0 Å². The number of hydrogen-bond donors (Lipinski definition) is 3. The minimum atomic E-state index is -3.98. The average Bonchev–Trinajstić information content (AvgIpc) is 3.23. The Balaban J connectivity index is 1.37. The number of aliphatic hydroxyl groups excluding tert-OH is 1. The highest BCUT2D eigenvalue weighted by atomic mass is 32.2. The zero-order valence-corrected chi connectivity index (χ0v) is 18.8. The molecule has 0 amide bonds. The second kappa shape index (κ2) is 9.60. The second-order valence-electron chi connectivity index (χ2n) is 8.21. The zero-order valence-electron chi connectivity index (χ0n) is 17.9. The van der Waals surface area contributed by atoms with Gasteiger partial charge in [0.2, 0.25) is 10.0 Å². The number of sulfonamides is 1. The molecule has 10 heteroatoms. The Morgan fingerprint density at radius 2 is 1.85 bits per heavy atom. The highest BCUT2D eigenvalue weighted by Gasteiger charge is 2.26. The number of aromatic hydroxyl groups is 1. The van der Waals surface area contributed by atoms with Crippen molar-refractivity contribution in [2.24, 2.45) is 5.14 Å². The van der Waals surface area contributed by atoms with Crippen LogP contribution in [0.25, 0.3) is 11.3 Å². The van der Waals surface area contributed by atoms with Crippen LogP contribution in [0, 0.1) is 5.82 Å². The lowest BCUT2D eigenvalue weighted by Crippen LogP contribution is -2.34. The fraction of sp³-hybridized carbons (Fsp3) is 0.348. The fourth-order valence-electron chi connectivity index (χ4n) is 4.11. The van der Waals surface area contributed by atoms with Gasteiger partial charge in [0.1, 0.15) is 22.2 Å². The van der Waals surface area contributed by atoms with E-state index in [1.54, 1.807) is 18.2 Å². The largest absolute Gasteiger partial charge is 0.507 e. The highest BCUT2D eigenvalue weighted by Crippen LogP contribution is 2.33. The molecular weight excluding hydrogens is 449 g/mol. The van der Waals surface area contributed by atoms with Gasteiger partial charge in [-0.05, 0) is 74.3 Å². The minimum Gasteiger partial charge on any atom is -0.507 e. The van der Waals surface area contributed by atoms with E-state index in [4.69, 9.17) is 9.56 Å². The monoisotopic (exact) mass is 475 g/mol. The van der Waals surface area contributed by atoms with E-state index in [-0.39, 0.29) is 29.0 Å². The van der Waals surface area contributed by atoms with E-state index in [1.807, 2.05) is 0 Å². The normalized spacial score (nSPS) is 15.7. The van der Waals surface area contributed by atoms with Gasteiger partial charge in [-0.15, -0.1) is 0 Å². The molecule has 33 heavy (non-hydrogen) atoms. The maximum atomic E-state index is 13.2. The number of phenols is 1. The molecule has 1 aliphatic heterocycles. The molecule has 8 nitrogen and oxygen atoms in total. The van der Waals surface area contributed by atoms with Crippen molar-refractivity contribution >= 4 is 10.0 Å². The van der Waals surface area contributed by atoms with Gasteiger partial charge in [0.15, 0.2) is 11.7 Å². The number of hydrogen-bond acceptors (Lipinski definition) is 7. The van der Waals surface area contributed by atoms with Gasteiger partial charge >= 0.3 is 0 Å². The lowest BCUT2D eigenvalue weighted by atomic mass is 9.96. The molecular formula is C23H26FN3O5S. The third-order valence-electron chi connectivity index (χ3n) is 5.95. The first kappa shape index (κ1) is 23.4. The number of oxazole rings is 1. The Bertz CT molecular complexity index is 1220. The fourth-order valence-corrected chi connectivity index (χ4v) is 4.79. The summed E-state index contributed by atoms with van der Waals surface area (Å²) in [5.41, 5.74) is 1.89. The number of aliphatic hydroxyl groups is 1. The number of benzene rings is 2. The summed E-state index contributed by atoms with van der Waals surface area (Å²) in [4.78, 5) is 6.50. The number of aromatic nitrogens is 1. The molecule has 1 saturated heterocycles. The van der Waals surface area contributed by atoms with Gasteiger partial charge in [-0.2, -0.15) is 0 Å². The zero-order chi connectivity index (χ0) is 23.6. The van der Waals surface area contributed by atoms with E-state index in [2.05, 4.69) is 9.88 Å². The number of rotatable bonds is 7. The van der Waals surface area contributed by atoms with Crippen molar-refractivity contribution in [3.05, 3.63) is 65.4 Å². The van der Waals surface area contributed by atoms with E-state index in [9.17, 15) is 23.0 Å². The molecule has 0 bridgehead atoms. The minimum absolute atomic E-state index is 0.114. The third kappa shape index (κ3) is 5.41. The van der Waals surface area contributed by atoms with Crippen molar-refractivity contribution in [1.82, 2.24) is 9.88 Å². The maximum Gasteiger partial charge on any atom is 0.241 e. The van der Waals surface area contributed by atoms with Crippen LogP contribution in [0.3, 0.4) is 0 Å². The lowest BCUT2D eigenvalue weighted by molar-refractivity contribution is 0.202. The molecule has 1 aromatic heterocycles. The molecule has 0 atom stereocenters. The summed E-state index contributed by atoms with van der Waals surface area (Å²) in [6, 6.07) is 10.3. The van der Waals surface area contributed by atoms with Crippen molar-refractivity contribution in [2.45, 2.75) is 36.7 Å². The average molecular weight is 476 g/mol. The molecule has 176 valence electrons. The predicted molar refractivity (Wildman–Crippen MR) is 119 cm³/mol. The number of likely N-dealkylation sites (tertiary alicyclic amines) is 1. The Hall–Kier alpha value is -2.79. The first-order valence-electron chi connectivity index (χ1n) is 10.7. The predicted octanol–water partition coefficient (Wildman–Crippen LogP) is 2.75. The molecule has 1 aliphatic rings. The third-order valence-corrected chi connectivity index (χ3v) is 6.89. The summed E-state index contributed by atoms with van der Waals surface area (Å²) >= 11 is 0. The first-order chi connectivity index (χ1) is 15.7. The van der Waals surface area contributed by atoms with Crippen LogP contribution >= 0.6 is 0 Å². The molecule has 3 aromatic rings. The number of halogens is 1. The standard InChI is InChI=1S/C23H26FN3O5S/c24-18-4-2-16(3-5-18)22-19(14-28)26-23(32-22)17-8-11-27(12-9-17)10-7-15-1-6-20(29)21(13-15)33(25,30)31/h1-6,13,17,28-29H,7-12,14H2,(H2,25,30,31). The summed E-state index contributed by atoms with van der Waals surface area (Å²) < 4.78 is 42.4. The molecule has 1 fully saturated rings. The van der Waals surface area contributed by atoms with E-state index >= 15 is 0 Å². The molecule has 0 saturated carbocycles. The summed E-state index contributed by atoms with van der Waals surface area (Å²) in [5, 5.41) is 24.6. The van der Waals surface area contributed by atoms with Crippen LogP contribution in [0.15, 0.2) is 51.8 Å². The van der Waals surface area contributed by atoms with Crippen LogP contribution in [-0.2, 0) is 23.1 Å². The van der Waals surface area contributed by atoms with Crippen molar-refractivity contribution < 1.29 is 27.4 Å². The van der Waals surface area contributed by atoms with Gasteiger partial charge in [0, 0.05) is 18.0 Å². The molecule has 4 N–H and O–H groups in total. The van der Waals surface area contributed by atoms with E-state index in [0.717, 1.165) is 38.0 Å². The van der Waals surface area contributed by atoms with Gasteiger partial charge in [-0.25, -0.2) is 22.9 Å². The Morgan fingerprint density at radius 1 is 1.15 bits per heavy atom. The van der Waals surface area contributed by atoms with Crippen molar-refractivity contribution in [3.63, 3.8) is 0 Å². The number of piperidine rings is 1. The van der Waals surface area contributed by atoms with Crippen LogP contribution in [0.4, 0.5) is 4.39 Å². The van der Waals surface area contributed by atoms with Crippen LogP contribution in [0.2, 0.25) is 0 Å². The molecule has 2 heterocycles. The van der Waals surface area contributed by atoms with Crippen molar-refractivity contribution in [3.8, 4) is 17.1 Å². The Labute approximate surface area is 191 Å². The summed E-state index contributed by atoms with van der Waals surface area (Å²) in [6.45, 7) is 2.10. The lowest BCUT2D eigenvalue weighted by Gasteiger charge is -2.30. The van der Waals surface area contributed by atoms with Crippen molar-refractivity contribution in [2.75, 3.05) is 19.6 Å². The molecule has 0 unspecified atom stereocenters. The van der Waals surface area contributed by atoms with E-state index in [0.29, 0.717) is 29.3 Å². The molecule has 0 spiro atoms. The quantitative estimate of drug-likeness (QED) is 0.479. The smallest absolute Gasteiger partial charge is 0.241 e. The van der Waals surface area contributed by atoms with Gasteiger partial charge in [0.05, 0.1) is 6.61 Å². The van der Waals surface area contributed by atoms with Gasteiger partial charge in [-0.1, -0.05) is 6.07 Å². The Kier molecular flexibility index (Phi) is 6.80. The molecule has 0 radical (unpaired) electrons. The van der Waals surface area contributed by atoms with Crippen LogP contribution in [0.1, 0.15) is 35.9 Å². The van der Waals surface area contributed by atoms with Gasteiger partial charge < -0.3 is 19.5 Å². The van der Waals surface area contributed by atoms with E-state index in [1.165, 1.54) is 24.3 Å². The molecule has 4 rings (SSSR count). The Morgan fingerprint density at radius 3 is 2.48 bits per heavy atom. The highest BCUT2D eigenvalue weighted by molar-refractivity contribution is 7.89. The van der Waals surface area contributed by atoms with Crippen LogP contribution < -0.4 is 5.14 Å². The van der Waals surface area contributed by atoms with Gasteiger partial charge in [0.25, 0.3) is 0 Å². The number of primary sulfonamides is 1.